The molecule has 5 nitrogen and oxygen atoms in total. The van der Waals surface area contributed by atoms with Crippen LogP contribution in [0.25, 0.3) is 0 Å². The molecular formula is C12H24O5S. The SMILES string of the molecule is CCCCCOC(=O)CCCC(=O)O.C[S+](C)[O-]. The second-order valence-electron chi connectivity index (χ2n) is 3.92. The number of unbranched alkanes of at least 4 members (excludes halogenated alkanes) is 2. The molecule has 0 aliphatic rings. The van der Waals surface area contributed by atoms with Crippen LogP contribution in [0.15, 0.2) is 0 Å². The van der Waals surface area contributed by atoms with Gasteiger partial charge in [0.25, 0.3) is 0 Å². The van der Waals surface area contributed by atoms with Gasteiger partial charge < -0.3 is 14.4 Å². The molecule has 0 unspecified atom stereocenters. The van der Waals surface area contributed by atoms with E-state index in [9.17, 15) is 14.1 Å². The van der Waals surface area contributed by atoms with Crippen molar-refractivity contribution in [1.29, 1.82) is 0 Å². The van der Waals surface area contributed by atoms with Crippen LogP contribution >= 0.6 is 0 Å². The molecule has 0 radical (unpaired) electrons. The maximum absolute atomic E-state index is 11.0. The lowest BCUT2D eigenvalue weighted by atomic mass is 10.2. The fourth-order valence-corrected chi connectivity index (χ4v) is 0.994. The lowest BCUT2D eigenvalue weighted by Gasteiger charge is -2.02. The van der Waals surface area contributed by atoms with Crippen molar-refractivity contribution < 1.29 is 24.0 Å². The van der Waals surface area contributed by atoms with E-state index in [1.807, 2.05) is 0 Å². The van der Waals surface area contributed by atoms with Crippen molar-refractivity contribution >= 4 is 23.1 Å². The third kappa shape index (κ3) is 24.5. The second kappa shape index (κ2) is 14.3. The number of hydrogen-bond acceptors (Lipinski definition) is 4. The fourth-order valence-electron chi connectivity index (χ4n) is 0.994. The van der Waals surface area contributed by atoms with Crippen molar-refractivity contribution in [2.24, 2.45) is 0 Å². The minimum absolute atomic E-state index is 0.0318. The number of carbonyl (C=O) groups excluding carboxylic acids is 1. The van der Waals surface area contributed by atoms with E-state index in [0.29, 0.717) is 13.0 Å². The summed E-state index contributed by atoms with van der Waals surface area (Å²) in [6, 6.07) is 0. The average Bonchev–Trinajstić information content (AvgIpc) is 2.23. The molecule has 0 aromatic carbocycles. The number of hydrogen-bond donors (Lipinski definition) is 1. The van der Waals surface area contributed by atoms with Crippen LogP contribution < -0.4 is 0 Å². The van der Waals surface area contributed by atoms with Gasteiger partial charge in [0.15, 0.2) is 0 Å². The van der Waals surface area contributed by atoms with Gasteiger partial charge in [-0.3, -0.25) is 9.59 Å². The molecule has 0 heterocycles. The molecule has 0 saturated heterocycles. The van der Waals surface area contributed by atoms with Crippen LogP contribution in [0.2, 0.25) is 0 Å². The minimum atomic E-state index is -0.871. The molecule has 108 valence electrons. The Morgan fingerprint density at radius 3 is 2.17 bits per heavy atom. The fraction of sp³-hybridized carbons (Fsp3) is 0.833. The number of esters is 1. The zero-order valence-corrected chi connectivity index (χ0v) is 12.3. The Hall–Kier alpha value is -0.750. The minimum Gasteiger partial charge on any atom is -0.617 e. The van der Waals surface area contributed by atoms with Gasteiger partial charge >= 0.3 is 11.9 Å². The molecule has 0 aromatic rings. The lowest BCUT2D eigenvalue weighted by Crippen LogP contribution is -2.06. The summed E-state index contributed by atoms with van der Waals surface area (Å²) in [6.45, 7) is 2.54. The molecule has 0 amide bonds. The first-order valence-electron chi connectivity index (χ1n) is 6.02. The van der Waals surface area contributed by atoms with E-state index in [0.717, 1.165) is 19.3 Å². The van der Waals surface area contributed by atoms with Crippen LogP contribution in [0.1, 0.15) is 45.4 Å². The van der Waals surface area contributed by atoms with Crippen molar-refractivity contribution in [3.63, 3.8) is 0 Å². The van der Waals surface area contributed by atoms with E-state index in [1.165, 1.54) is 0 Å². The van der Waals surface area contributed by atoms with Crippen LogP contribution in [0.3, 0.4) is 0 Å². The van der Waals surface area contributed by atoms with Gasteiger partial charge in [-0.25, -0.2) is 0 Å². The van der Waals surface area contributed by atoms with Gasteiger partial charge in [0.1, 0.15) is 0 Å². The number of ether oxygens (including phenoxy) is 1. The number of carboxylic acid groups (broad SMARTS) is 1. The Kier molecular flexibility index (Phi) is 15.6. The molecule has 0 bridgehead atoms. The molecular weight excluding hydrogens is 256 g/mol. The van der Waals surface area contributed by atoms with Gasteiger partial charge in [0.2, 0.25) is 0 Å². The highest BCUT2D eigenvalue weighted by Gasteiger charge is 2.04. The summed E-state index contributed by atoms with van der Waals surface area (Å²) in [5, 5.41) is 8.32. The predicted octanol–water partition coefficient (Wildman–Crippen LogP) is 1.97. The topological polar surface area (TPSA) is 86.7 Å². The Labute approximate surface area is 112 Å². The smallest absolute Gasteiger partial charge is 0.305 e. The van der Waals surface area contributed by atoms with Gasteiger partial charge in [-0.15, -0.1) is 0 Å². The van der Waals surface area contributed by atoms with E-state index >= 15 is 0 Å². The summed E-state index contributed by atoms with van der Waals surface area (Å²) in [4.78, 5) is 21.1. The molecule has 18 heavy (non-hydrogen) atoms. The first kappa shape index (κ1) is 19.6. The summed E-state index contributed by atoms with van der Waals surface area (Å²) in [7, 11) is 0. The first-order valence-corrected chi connectivity index (χ1v) is 7.99. The zero-order chi connectivity index (χ0) is 14.4. The molecule has 0 aromatic heterocycles. The van der Waals surface area contributed by atoms with E-state index in [4.69, 9.17) is 9.84 Å². The van der Waals surface area contributed by atoms with Crippen LogP contribution in [0, 0.1) is 0 Å². The van der Waals surface area contributed by atoms with E-state index < -0.39 is 17.1 Å². The summed E-state index contributed by atoms with van der Waals surface area (Å²) in [5.74, 6) is -1.16. The Morgan fingerprint density at radius 1 is 1.17 bits per heavy atom. The highest BCUT2D eigenvalue weighted by Crippen LogP contribution is 2.00. The molecule has 1 N–H and O–H groups in total. The van der Waals surface area contributed by atoms with Crippen molar-refractivity contribution in [2.75, 3.05) is 19.1 Å². The summed E-state index contributed by atoms with van der Waals surface area (Å²) in [5.41, 5.74) is 0. The van der Waals surface area contributed by atoms with Crippen LogP contribution in [0.4, 0.5) is 0 Å². The predicted molar refractivity (Wildman–Crippen MR) is 72.0 cm³/mol. The molecule has 0 rings (SSSR count). The first-order chi connectivity index (χ1) is 8.40. The zero-order valence-electron chi connectivity index (χ0n) is 11.4. The van der Waals surface area contributed by atoms with E-state index in [-0.39, 0.29) is 18.8 Å². The van der Waals surface area contributed by atoms with Crippen LogP contribution in [0.5, 0.6) is 0 Å². The monoisotopic (exact) mass is 280 g/mol. The third-order valence-electron chi connectivity index (χ3n) is 1.78. The van der Waals surface area contributed by atoms with Gasteiger partial charge in [-0.05, 0) is 12.8 Å². The summed E-state index contributed by atoms with van der Waals surface area (Å²) < 4.78 is 14.4. The normalized spacial score (nSPS) is 9.61. The van der Waals surface area contributed by atoms with Crippen LogP contribution in [-0.4, -0.2) is 40.7 Å². The van der Waals surface area contributed by atoms with Gasteiger partial charge in [0.05, 0.1) is 19.1 Å². The Balaban J connectivity index is 0. The van der Waals surface area contributed by atoms with Crippen molar-refractivity contribution in [2.45, 2.75) is 45.4 Å². The maximum Gasteiger partial charge on any atom is 0.305 e. The number of rotatable bonds is 8. The summed E-state index contributed by atoms with van der Waals surface area (Å²) in [6.07, 6.45) is 6.92. The third-order valence-corrected chi connectivity index (χ3v) is 1.78. The average molecular weight is 280 g/mol. The second-order valence-corrected chi connectivity index (χ2v) is 5.40. The molecule has 0 atom stereocenters. The Morgan fingerprint density at radius 2 is 1.72 bits per heavy atom. The largest absolute Gasteiger partial charge is 0.617 e. The van der Waals surface area contributed by atoms with Crippen LogP contribution in [-0.2, 0) is 25.5 Å². The highest BCUT2D eigenvalue weighted by atomic mass is 32.2. The van der Waals surface area contributed by atoms with E-state index in [1.54, 1.807) is 12.5 Å². The maximum atomic E-state index is 11.0. The summed E-state index contributed by atoms with van der Waals surface area (Å²) >= 11 is -0.611. The Bertz CT molecular complexity index is 216. The standard InChI is InChI=1S/C10H18O4.C2H6OS/c1-2-3-4-8-14-10(13)7-5-6-9(11)12;1-4(2)3/h2-8H2,1H3,(H,11,12);1-2H3. The molecule has 6 heteroatoms. The van der Waals surface area contributed by atoms with Crippen molar-refractivity contribution in [1.82, 2.24) is 0 Å². The quantitative estimate of drug-likeness (QED) is 0.417. The molecule has 0 fully saturated rings. The molecule has 0 aliphatic carbocycles. The number of carboxylic acids is 1. The highest BCUT2D eigenvalue weighted by molar-refractivity contribution is 7.89. The number of carbonyl (C=O) groups is 2. The molecule has 0 aliphatic heterocycles. The van der Waals surface area contributed by atoms with Gasteiger partial charge in [0, 0.05) is 12.8 Å². The van der Waals surface area contributed by atoms with Crippen molar-refractivity contribution in [3.05, 3.63) is 0 Å². The lowest BCUT2D eigenvalue weighted by molar-refractivity contribution is -0.144. The molecule has 0 spiro atoms. The number of aliphatic carboxylic acids is 1. The van der Waals surface area contributed by atoms with Crippen molar-refractivity contribution in [3.8, 4) is 0 Å². The molecule has 0 saturated carbocycles. The van der Waals surface area contributed by atoms with Gasteiger partial charge in [-0.1, -0.05) is 30.9 Å². The van der Waals surface area contributed by atoms with E-state index in [2.05, 4.69) is 6.92 Å². The van der Waals surface area contributed by atoms with Gasteiger partial charge in [-0.2, -0.15) is 0 Å².